The van der Waals surface area contributed by atoms with Gasteiger partial charge in [-0.3, -0.25) is 9.59 Å². The number of nitrogens with one attached hydrogen (secondary N) is 1. The number of nitrogens with zero attached hydrogens (tertiary/aromatic N) is 1. The summed E-state index contributed by atoms with van der Waals surface area (Å²) in [5, 5.41) is 3.05. The standard InChI is InChI=1S/C32H39BrN2O3/c1-5-6-19-34-31(37)28(20-24-13-9-7-10-14-24)35(22-25-15-11-8-12-16-25)30(36)23-38-29-18-17-26(21-27(29)33)32(2,3)4/h7-18,21,28H,5-6,19-20,22-23H2,1-4H3,(H,34,37)/t28-/m1/s1. The van der Waals surface area contributed by atoms with Crippen LogP contribution in [0, 0.1) is 0 Å². The van der Waals surface area contributed by atoms with E-state index in [1.54, 1.807) is 4.90 Å². The van der Waals surface area contributed by atoms with Gasteiger partial charge in [0.2, 0.25) is 5.91 Å². The molecule has 0 aliphatic rings. The zero-order valence-electron chi connectivity index (χ0n) is 22.9. The van der Waals surface area contributed by atoms with Gasteiger partial charge < -0.3 is 15.0 Å². The molecule has 0 heterocycles. The zero-order valence-corrected chi connectivity index (χ0v) is 24.5. The summed E-state index contributed by atoms with van der Waals surface area (Å²) in [6.45, 7) is 9.26. The number of hydrogen-bond acceptors (Lipinski definition) is 3. The van der Waals surface area contributed by atoms with Crippen LogP contribution in [0.4, 0.5) is 0 Å². The molecule has 3 rings (SSSR count). The molecule has 38 heavy (non-hydrogen) atoms. The van der Waals surface area contributed by atoms with Crippen molar-refractivity contribution in [3.8, 4) is 5.75 Å². The first kappa shape index (κ1) is 29.4. The van der Waals surface area contributed by atoms with Crippen LogP contribution >= 0.6 is 15.9 Å². The van der Waals surface area contributed by atoms with Crippen molar-refractivity contribution in [2.45, 2.75) is 65.0 Å². The van der Waals surface area contributed by atoms with Crippen molar-refractivity contribution in [3.63, 3.8) is 0 Å². The predicted octanol–water partition coefficient (Wildman–Crippen LogP) is 6.68. The van der Waals surface area contributed by atoms with Crippen molar-refractivity contribution >= 4 is 27.7 Å². The van der Waals surface area contributed by atoms with Crippen LogP contribution in [0.15, 0.2) is 83.3 Å². The molecule has 5 nitrogen and oxygen atoms in total. The van der Waals surface area contributed by atoms with Crippen molar-refractivity contribution in [2.75, 3.05) is 13.2 Å². The average molecular weight is 580 g/mol. The van der Waals surface area contributed by atoms with E-state index < -0.39 is 6.04 Å². The summed E-state index contributed by atoms with van der Waals surface area (Å²) < 4.78 is 6.79. The Hall–Kier alpha value is -3.12. The summed E-state index contributed by atoms with van der Waals surface area (Å²) in [5.41, 5.74) is 3.12. The lowest BCUT2D eigenvalue weighted by Gasteiger charge is -2.31. The second-order valence-corrected chi connectivity index (χ2v) is 11.4. The molecule has 0 radical (unpaired) electrons. The first-order valence-electron chi connectivity index (χ1n) is 13.3. The number of benzene rings is 3. The number of halogens is 1. The van der Waals surface area contributed by atoms with Gasteiger partial charge in [-0.1, -0.05) is 101 Å². The van der Waals surface area contributed by atoms with E-state index in [0.717, 1.165) is 28.4 Å². The first-order chi connectivity index (χ1) is 18.2. The van der Waals surface area contributed by atoms with Gasteiger partial charge in [-0.15, -0.1) is 0 Å². The van der Waals surface area contributed by atoms with Crippen LogP contribution in [0.3, 0.4) is 0 Å². The molecule has 3 aromatic carbocycles. The number of carbonyl (C=O) groups excluding carboxylic acids is 2. The number of rotatable bonds is 12. The van der Waals surface area contributed by atoms with Crippen molar-refractivity contribution in [2.24, 2.45) is 0 Å². The second-order valence-electron chi connectivity index (χ2n) is 10.5. The SMILES string of the molecule is CCCCNC(=O)[C@@H](Cc1ccccc1)N(Cc1ccccc1)C(=O)COc1ccc(C(C)(C)C)cc1Br. The minimum Gasteiger partial charge on any atom is -0.483 e. The van der Waals surface area contributed by atoms with E-state index in [1.807, 2.05) is 78.9 Å². The van der Waals surface area contributed by atoms with Crippen LogP contribution in [0.5, 0.6) is 5.75 Å². The molecule has 0 aliphatic heterocycles. The fourth-order valence-corrected chi connectivity index (χ4v) is 4.64. The summed E-state index contributed by atoms with van der Waals surface area (Å²) in [6, 6.07) is 24.9. The third kappa shape index (κ3) is 8.73. The average Bonchev–Trinajstić information content (AvgIpc) is 2.90. The molecule has 3 aromatic rings. The van der Waals surface area contributed by atoms with Crippen LogP contribution < -0.4 is 10.1 Å². The minimum atomic E-state index is -0.669. The maximum absolute atomic E-state index is 13.7. The lowest BCUT2D eigenvalue weighted by molar-refractivity contribution is -0.142. The molecule has 6 heteroatoms. The van der Waals surface area contributed by atoms with E-state index in [9.17, 15) is 9.59 Å². The highest BCUT2D eigenvalue weighted by Crippen LogP contribution is 2.31. The van der Waals surface area contributed by atoms with Gasteiger partial charge in [-0.2, -0.15) is 0 Å². The highest BCUT2D eigenvalue weighted by Gasteiger charge is 2.30. The summed E-state index contributed by atoms with van der Waals surface area (Å²) >= 11 is 3.60. The number of ether oxygens (including phenoxy) is 1. The van der Waals surface area contributed by atoms with Gasteiger partial charge in [0.1, 0.15) is 11.8 Å². The van der Waals surface area contributed by atoms with Gasteiger partial charge >= 0.3 is 0 Å². The van der Waals surface area contributed by atoms with E-state index in [0.29, 0.717) is 25.3 Å². The molecule has 1 atom stereocenters. The highest BCUT2D eigenvalue weighted by molar-refractivity contribution is 9.10. The summed E-state index contributed by atoms with van der Waals surface area (Å²) in [7, 11) is 0. The minimum absolute atomic E-state index is 0.000844. The van der Waals surface area contributed by atoms with E-state index in [1.165, 1.54) is 5.56 Å². The Morgan fingerprint density at radius 2 is 1.58 bits per heavy atom. The van der Waals surface area contributed by atoms with Gasteiger partial charge in [0.25, 0.3) is 5.91 Å². The van der Waals surface area contributed by atoms with E-state index in [4.69, 9.17) is 4.74 Å². The van der Waals surface area contributed by atoms with Gasteiger partial charge in [0, 0.05) is 19.5 Å². The molecule has 0 unspecified atom stereocenters. The fraction of sp³-hybridized carbons (Fsp3) is 0.375. The summed E-state index contributed by atoms with van der Waals surface area (Å²) in [5.74, 6) is 0.201. The monoisotopic (exact) mass is 578 g/mol. The third-order valence-electron chi connectivity index (χ3n) is 6.45. The van der Waals surface area contributed by atoms with Crippen molar-refractivity contribution in [3.05, 3.63) is 100 Å². The maximum Gasteiger partial charge on any atom is 0.261 e. The molecular formula is C32H39BrN2O3. The van der Waals surface area contributed by atoms with Crippen LogP contribution in [0.1, 0.15) is 57.2 Å². The topological polar surface area (TPSA) is 58.6 Å². The Morgan fingerprint density at radius 3 is 2.16 bits per heavy atom. The maximum atomic E-state index is 13.7. The number of carbonyl (C=O) groups is 2. The Kier molecular flexibility index (Phi) is 11.0. The Balaban J connectivity index is 1.87. The summed E-state index contributed by atoms with van der Waals surface area (Å²) in [6.07, 6.45) is 2.28. The van der Waals surface area contributed by atoms with Crippen molar-refractivity contribution < 1.29 is 14.3 Å². The molecular weight excluding hydrogens is 540 g/mol. The van der Waals surface area contributed by atoms with Crippen LogP contribution in [-0.4, -0.2) is 35.9 Å². The molecule has 0 aliphatic carbocycles. The van der Waals surface area contributed by atoms with Gasteiger partial charge in [-0.05, 0) is 56.6 Å². The largest absolute Gasteiger partial charge is 0.483 e. The number of amides is 2. The molecule has 0 saturated carbocycles. The highest BCUT2D eigenvalue weighted by atomic mass is 79.9. The molecule has 0 fully saturated rings. The van der Waals surface area contributed by atoms with Crippen LogP contribution in [0.2, 0.25) is 0 Å². The lowest BCUT2D eigenvalue weighted by Crippen LogP contribution is -2.51. The van der Waals surface area contributed by atoms with Gasteiger partial charge in [0.05, 0.1) is 4.47 Å². The number of hydrogen-bond donors (Lipinski definition) is 1. The van der Waals surface area contributed by atoms with Crippen molar-refractivity contribution in [1.82, 2.24) is 10.2 Å². The van der Waals surface area contributed by atoms with E-state index in [2.05, 4.69) is 48.9 Å². The molecule has 2 amide bonds. The normalized spacial score (nSPS) is 12.0. The fourth-order valence-electron chi connectivity index (χ4n) is 4.15. The van der Waals surface area contributed by atoms with Gasteiger partial charge in [0.15, 0.2) is 6.61 Å². The second kappa shape index (κ2) is 14.1. The van der Waals surface area contributed by atoms with Crippen molar-refractivity contribution in [1.29, 1.82) is 0 Å². The molecule has 0 saturated heterocycles. The van der Waals surface area contributed by atoms with Gasteiger partial charge in [-0.25, -0.2) is 0 Å². The summed E-state index contributed by atoms with van der Waals surface area (Å²) in [4.78, 5) is 28.8. The molecule has 0 spiro atoms. The predicted molar refractivity (Wildman–Crippen MR) is 157 cm³/mol. The number of unbranched alkanes of at least 4 members (excludes halogenated alkanes) is 1. The van der Waals surface area contributed by atoms with E-state index >= 15 is 0 Å². The Morgan fingerprint density at radius 1 is 0.947 bits per heavy atom. The Bertz CT molecular complexity index is 1180. The van der Waals surface area contributed by atoms with E-state index in [-0.39, 0.29) is 23.8 Å². The molecule has 1 N–H and O–H groups in total. The Labute approximate surface area is 235 Å². The first-order valence-corrected chi connectivity index (χ1v) is 14.1. The molecule has 202 valence electrons. The smallest absolute Gasteiger partial charge is 0.261 e. The molecule has 0 aromatic heterocycles. The third-order valence-corrected chi connectivity index (χ3v) is 7.07. The quantitative estimate of drug-likeness (QED) is 0.244. The lowest BCUT2D eigenvalue weighted by atomic mass is 9.87. The molecule has 0 bridgehead atoms. The van der Waals surface area contributed by atoms with Crippen LogP contribution in [-0.2, 0) is 28.0 Å². The van der Waals surface area contributed by atoms with Crippen LogP contribution in [0.25, 0.3) is 0 Å². The zero-order chi connectivity index (χ0) is 27.5.